The van der Waals surface area contributed by atoms with Crippen molar-refractivity contribution in [2.24, 2.45) is 5.92 Å². The predicted molar refractivity (Wildman–Crippen MR) is 140 cm³/mol. The molecular formula is C28H27N3O3S. The van der Waals surface area contributed by atoms with Gasteiger partial charge in [0.2, 0.25) is 5.91 Å². The van der Waals surface area contributed by atoms with Crippen LogP contribution in [0.15, 0.2) is 88.8 Å². The molecule has 0 spiro atoms. The summed E-state index contributed by atoms with van der Waals surface area (Å²) >= 11 is 1.31. The molecule has 0 bridgehead atoms. The molecule has 35 heavy (non-hydrogen) atoms. The molecule has 0 N–H and O–H groups in total. The number of carbonyl (C=O) groups excluding carboxylic acids is 1. The molecule has 0 unspecified atom stereocenters. The fraction of sp³-hybridized carbons (Fsp3) is 0.250. The third-order valence-electron chi connectivity index (χ3n) is 6.28. The maximum Gasteiger partial charge on any atom is 0.266 e. The van der Waals surface area contributed by atoms with E-state index in [-0.39, 0.29) is 17.2 Å². The molecule has 0 saturated carbocycles. The SMILES string of the molecule is CC1CCN(C(=O)CSc2nc3ccccc3c(=O)n2-c2ccc(Oc3ccccc3)cc2)CC1. The number of hydrogen-bond donors (Lipinski definition) is 0. The number of likely N-dealkylation sites (tertiary alicyclic amines) is 1. The van der Waals surface area contributed by atoms with Crippen LogP contribution in [0.25, 0.3) is 16.6 Å². The Morgan fingerprint density at radius 1 is 0.943 bits per heavy atom. The van der Waals surface area contributed by atoms with E-state index in [0.717, 1.165) is 31.7 Å². The van der Waals surface area contributed by atoms with Crippen LogP contribution < -0.4 is 10.3 Å². The van der Waals surface area contributed by atoms with E-state index in [4.69, 9.17) is 9.72 Å². The number of benzene rings is 3. The van der Waals surface area contributed by atoms with Crippen molar-refractivity contribution in [2.75, 3.05) is 18.8 Å². The van der Waals surface area contributed by atoms with Crippen LogP contribution in [0.2, 0.25) is 0 Å². The Hall–Kier alpha value is -3.58. The van der Waals surface area contributed by atoms with Crippen molar-refractivity contribution in [3.63, 3.8) is 0 Å². The highest BCUT2D eigenvalue weighted by molar-refractivity contribution is 7.99. The van der Waals surface area contributed by atoms with Gasteiger partial charge in [0.1, 0.15) is 11.5 Å². The molecule has 2 heterocycles. The zero-order chi connectivity index (χ0) is 24.2. The summed E-state index contributed by atoms with van der Waals surface area (Å²) in [6, 6.07) is 24.2. The predicted octanol–water partition coefficient (Wildman–Crippen LogP) is 5.53. The van der Waals surface area contributed by atoms with Gasteiger partial charge in [-0.1, -0.05) is 49.0 Å². The van der Waals surface area contributed by atoms with E-state index in [1.807, 2.05) is 77.7 Å². The van der Waals surface area contributed by atoms with Crippen LogP contribution in [-0.2, 0) is 4.79 Å². The highest BCUT2D eigenvalue weighted by Gasteiger charge is 2.21. The van der Waals surface area contributed by atoms with Gasteiger partial charge in [0.15, 0.2) is 5.16 Å². The summed E-state index contributed by atoms with van der Waals surface area (Å²) in [7, 11) is 0. The van der Waals surface area contributed by atoms with Crippen LogP contribution >= 0.6 is 11.8 Å². The normalized spacial score (nSPS) is 14.3. The summed E-state index contributed by atoms with van der Waals surface area (Å²) in [6.45, 7) is 3.81. The Morgan fingerprint density at radius 2 is 1.60 bits per heavy atom. The highest BCUT2D eigenvalue weighted by atomic mass is 32.2. The third kappa shape index (κ3) is 5.25. The zero-order valence-corrected chi connectivity index (χ0v) is 20.4. The van der Waals surface area contributed by atoms with Gasteiger partial charge in [-0.2, -0.15) is 0 Å². The Bertz CT molecular complexity index is 1380. The monoisotopic (exact) mass is 485 g/mol. The van der Waals surface area contributed by atoms with Crippen LogP contribution in [0.5, 0.6) is 11.5 Å². The van der Waals surface area contributed by atoms with Gasteiger partial charge in [0.25, 0.3) is 5.56 Å². The van der Waals surface area contributed by atoms with E-state index in [0.29, 0.717) is 33.4 Å². The topological polar surface area (TPSA) is 64.4 Å². The summed E-state index contributed by atoms with van der Waals surface area (Å²) in [5.74, 6) is 2.40. The lowest BCUT2D eigenvalue weighted by Gasteiger charge is -2.30. The number of aromatic nitrogens is 2. The first-order valence-electron chi connectivity index (χ1n) is 11.8. The molecule has 0 radical (unpaired) electrons. The smallest absolute Gasteiger partial charge is 0.266 e. The highest BCUT2D eigenvalue weighted by Crippen LogP contribution is 2.26. The van der Waals surface area contributed by atoms with Crippen LogP contribution in [0.4, 0.5) is 0 Å². The van der Waals surface area contributed by atoms with Crippen molar-refractivity contribution in [1.82, 2.24) is 14.5 Å². The zero-order valence-electron chi connectivity index (χ0n) is 19.6. The number of thioether (sulfide) groups is 1. The molecule has 5 rings (SSSR count). The minimum absolute atomic E-state index is 0.0856. The van der Waals surface area contributed by atoms with Gasteiger partial charge in [-0.05, 0) is 67.3 Å². The number of nitrogens with zero attached hydrogens (tertiary/aromatic N) is 3. The van der Waals surface area contributed by atoms with Gasteiger partial charge in [0.05, 0.1) is 22.3 Å². The molecule has 1 aliphatic rings. The second kappa shape index (κ2) is 10.4. The largest absolute Gasteiger partial charge is 0.457 e. The number of hydrogen-bond acceptors (Lipinski definition) is 5. The lowest BCUT2D eigenvalue weighted by molar-refractivity contribution is -0.129. The molecule has 1 aromatic heterocycles. The Kier molecular flexibility index (Phi) is 6.86. The maximum atomic E-state index is 13.5. The van der Waals surface area contributed by atoms with Crippen molar-refractivity contribution < 1.29 is 9.53 Å². The minimum atomic E-state index is -0.158. The summed E-state index contributed by atoms with van der Waals surface area (Å²) in [5.41, 5.74) is 1.14. The third-order valence-corrected chi connectivity index (χ3v) is 7.20. The number of para-hydroxylation sites is 2. The summed E-state index contributed by atoms with van der Waals surface area (Å²) < 4.78 is 7.48. The maximum absolute atomic E-state index is 13.5. The van der Waals surface area contributed by atoms with Crippen LogP contribution in [-0.4, -0.2) is 39.2 Å². The lowest BCUT2D eigenvalue weighted by Crippen LogP contribution is -2.39. The molecule has 0 aliphatic carbocycles. The lowest BCUT2D eigenvalue weighted by atomic mass is 9.99. The molecule has 4 aromatic rings. The first kappa shape index (κ1) is 23.2. The number of carbonyl (C=O) groups is 1. The molecule has 1 fully saturated rings. The van der Waals surface area contributed by atoms with Crippen LogP contribution in [0.1, 0.15) is 19.8 Å². The first-order chi connectivity index (χ1) is 17.1. The minimum Gasteiger partial charge on any atom is -0.457 e. The summed E-state index contributed by atoms with van der Waals surface area (Å²) in [6.07, 6.45) is 2.07. The molecule has 0 atom stereocenters. The van der Waals surface area contributed by atoms with E-state index >= 15 is 0 Å². The Labute approximate surface area is 208 Å². The molecule has 178 valence electrons. The summed E-state index contributed by atoms with van der Waals surface area (Å²) in [4.78, 5) is 33.0. The second-order valence-corrected chi connectivity index (χ2v) is 9.76. The first-order valence-corrected chi connectivity index (χ1v) is 12.8. The van der Waals surface area contributed by atoms with Crippen LogP contribution in [0.3, 0.4) is 0 Å². The Morgan fingerprint density at radius 3 is 2.34 bits per heavy atom. The van der Waals surface area contributed by atoms with Crippen molar-refractivity contribution in [3.05, 3.63) is 89.2 Å². The standard InChI is InChI=1S/C28H27N3O3S/c1-20-15-17-30(18-16-20)26(32)19-35-28-29-25-10-6-5-9-24(25)27(33)31(28)21-11-13-23(14-12-21)34-22-7-3-2-4-8-22/h2-14,20H,15-19H2,1H3. The molecule has 1 saturated heterocycles. The van der Waals surface area contributed by atoms with E-state index < -0.39 is 0 Å². The quantitative estimate of drug-likeness (QED) is 0.265. The van der Waals surface area contributed by atoms with E-state index in [1.54, 1.807) is 10.6 Å². The molecule has 1 aliphatic heterocycles. The number of amides is 1. The second-order valence-electron chi connectivity index (χ2n) is 8.81. The number of fused-ring (bicyclic) bond motifs is 1. The molecule has 6 nitrogen and oxygen atoms in total. The van der Waals surface area contributed by atoms with Crippen molar-refractivity contribution in [2.45, 2.75) is 24.9 Å². The van der Waals surface area contributed by atoms with Crippen molar-refractivity contribution in [3.8, 4) is 17.2 Å². The van der Waals surface area contributed by atoms with Gasteiger partial charge < -0.3 is 9.64 Å². The van der Waals surface area contributed by atoms with Gasteiger partial charge in [-0.15, -0.1) is 0 Å². The Balaban J connectivity index is 1.43. The van der Waals surface area contributed by atoms with E-state index in [9.17, 15) is 9.59 Å². The summed E-state index contributed by atoms with van der Waals surface area (Å²) in [5, 5.41) is 1.04. The van der Waals surface area contributed by atoms with E-state index in [1.165, 1.54) is 11.8 Å². The fourth-order valence-electron chi connectivity index (χ4n) is 4.20. The average molecular weight is 486 g/mol. The van der Waals surface area contributed by atoms with E-state index in [2.05, 4.69) is 6.92 Å². The molecule has 3 aromatic carbocycles. The number of rotatable bonds is 6. The van der Waals surface area contributed by atoms with Gasteiger partial charge >= 0.3 is 0 Å². The fourth-order valence-corrected chi connectivity index (χ4v) is 5.12. The van der Waals surface area contributed by atoms with Gasteiger partial charge in [-0.25, -0.2) is 4.98 Å². The van der Waals surface area contributed by atoms with Crippen LogP contribution in [0, 0.1) is 5.92 Å². The van der Waals surface area contributed by atoms with Crippen molar-refractivity contribution in [1.29, 1.82) is 0 Å². The molecular weight excluding hydrogens is 458 g/mol. The average Bonchev–Trinajstić information content (AvgIpc) is 2.89. The van der Waals surface area contributed by atoms with Gasteiger partial charge in [0, 0.05) is 13.1 Å². The van der Waals surface area contributed by atoms with Crippen molar-refractivity contribution >= 4 is 28.6 Å². The number of ether oxygens (including phenoxy) is 1. The number of piperidine rings is 1. The molecule has 1 amide bonds. The molecule has 7 heteroatoms. The van der Waals surface area contributed by atoms with Gasteiger partial charge in [-0.3, -0.25) is 14.2 Å².